The summed E-state index contributed by atoms with van der Waals surface area (Å²) in [5, 5.41) is 9.40. The molecule has 0 bridgehead atoms. The van der Waals surface area contributed by atoms with Crippen LogP contribution in [-0.4, -0.2) is 40.3 Å². The Balaban J connectivity index is 2.16. The van der Waals surface area contributed by atoms with E-state index in [9.17, 15) is 14.7 Å². The first kappa shape index (κ1) is 15.3. The van der Waals surface area contributed by atoms with E-state index in [1.807, 2.05) is 24.3 Å². The van der Waals surface area contributed by atoms with E-state index in [0.717, 1.165) is 10.0 Å². The predicted molar refractivity (Wildman–Crippen MR) is 79.8 cm³/mol. The summed E-state index contributed by atoms with van der Waals surface area (Å²) in [6, 6.07) is 6.63. The Kier molecular flexibility index (Phi) is 5.05. The van der Waals surface area contributed by atoms with Crippen molar-refractivity contribution in [3.05, 3.63) is 34.3 Å². The number of halogens is 2. The van der Waals surface area contributed by atoms with Gasteiger partial charge >= 0.3 is 5.97 Å². The molecule has 4 nitrogen and oxygen atoms in total. The van der Waals surface area contributed by atoms with Crippen molar-refractivity contribution in [3.8, 4) is 0 Å². The van der Waals surface area contributed by atoms with Gasteiger partial charge in [0.15, 0.2) is 0 Å². The van der Waals surface area contributed by atoms with Crippen LogP contribution in [0.15, 0.2) is 28.7 Å². The highest BCUT2D eigenvalue weighted by Gasteiger charge is 2.37. The van der Waals surface area contributed by atoms with E-state index in [4.69, 9.17) is 11.6 Å². The summed E-state index contributed by atoms with van der Waals surface area (Å²) >= 11 is 9.13. The van der Waals surface area contributed by atoms with Gasteiger partial charge in [-0.3, -0.25) is 4.79 Å². The zero-order chi connectivity index (χ0) is 14.7. The number of hydrogen-bond acceptors (Lipinski definition) is 2. The number of nitrogens with zero attached hydrogens (tertiary/aromatic N) is 1. The number of carbonyl (C=O) groups is 2. The van der Waals surface area contributed by atoms with Crippen molar-refractivity contribution >= 4 is 39.4 Å². The van der Waals surface area contributed by atoms with E-state index in [1.165, 1.54) is 4.90 Å². The fourth-order valence-electron chi connectivity index (χ4n) is 2.43. The van der Waals surface area contributed by atoms with Crippen molar-refractivity contribution in [1.29, 1.82) is 0 Å². The second-order valence-electron chi connectivity index (χ2n) is 4.96. The molecule has 0 spiro atoms. The summed E-state index contributed by atoms with van der Waals surface area (Å²) in [5.74, 6) is -0.675. The van der Waals surface area contributed by atoms with E-state index in [2.05, 4.69) is 15.9 Å². The Bertz CT molecular complexity index is 523. The molecule has 1 aliphatic rings. The lowest BCUT2D eigenvalue weighted by Gasteiger charge is -2.24. The van der Waals surface area contributed by atoms with E-state index in [0.29, 0.717) is 25.3 Å². The molecule has 1 aromatic carbocycles. The van der Waals surface area contributed by atoms with Crippen molar-refractivity contribution in [2.24, 2.45) is 5.92 Å². The van der Waals surface area contributed by atoms with Gasteiger partial charge in [0.1, 0.15) is 6.04 Å². The molecule has 1 heterocycles. The fraction of sp³-hybridized carbons (Fsp3) is 0.429. The van der Waals surface area contributed by atoms with Crippen molar-refractivity contribution in [2.45, 2.75) is 18.9 Å². The lowest BCUT2D eigenvalue weighted by molar-refractivity contribution is -0.148. The Morgan fingerprint density at radius 2 is 2.30 bits per heavy atom. The van der Waals surface area contributed by atoms with Crippen molar-refractivity contribution in [2.75, 3.05) is 12.4 Å². The van der Waals surface area contributed by atoms with Crippen LogP contribution >= 0.6 is 27.5 Å². The standard InChI is InChI=1S/C14H15BrClNO3/c15-11-3-1-2-9(4-11)5-12(14(19)20)17-8-10(7-16)6-13(17)18/h1-4,10,12H,5-8H2,(H,19,20). The number of carboxylic acid groups (broad SMARTS) is 1. The highest BCUT2D eigenvalue weighted by molar-refractivity contribution is 9.10. The molecule has 6 heteroatoms. The molecule has 1 aromatic rings. The van der Waals surface area contributed by atoms with Gasteiger partial charge in [0.05, 0.1) is 0 Å². The molecule has 2 unspecified atom stereocenters. The molecule has 0 saturated carbocycles. The number of carbonyl (C=O) groups excluding carboxylic acids is 1. The number of amides is 1. The Morgan fingerprint density at radius 1 is 1.55 bits per heavy atom. The van der Waals surface area contributed by atoms with Crippen LogP contribution in [0.2, 0.25) is 0 Å². The van der Waals surface area contributed by atoms with Gasteiger partial charge in [-0.05, 0) is 23.6 Å². The monoisotopic (exact) mass is 359 g/mol. The smallest absolute Gasteiger partial charge is 0.326 e. The number of benzene rings is 1. The maximum Gasteiger partial charge on any atom is 0.326 e. The number of hydrogen-bond donors (Lipinski definition) is 1. The summed E-state index contributed by atoms with van der Waals surface area (Å²) in [4.78, 5) is 24.9. The van der Waals surface area contributed by atoms with Crippen LogP contribution in [0.1, 0.15) is 12.0 Å². The molecule has 0 radical (unpaired) electrons. The van der Waals surface area contributed by atoms with Crippen molar-refractivity contribution in [1.82, 2.24) is 4.90 Å². The second kappa shape index (κ2) is 6.59. The highest BCUT2D eigenvalue weighted by Crippen LogP contribution is 2.24. The second-order valence-corrected chi connectivity index (χ2v) is 6.18. The van der Waals surface area contributed by atoms with E-state index in [1.54, 1.807) is 0 Å². The van der Waals surface area contributed by atoms with Crippen LogP contribution in [-0.2, 0) is 16.0 Å². The molecule has 1 fully saturated rings. The van der Waals surface area contributed by atoms with Crippen molar-refractivity contribution in [3.63, 3.8) is 0 Å². The molecule has 20 heavy (non-hydrogen) atoms. The Hall–Kier alpha value is -1.07. The number of alkyl halides is 1. The van der Waals surface area contributed by atoms with Crippen LogP contribution in [0, 0.1) is 5.92 Å². The van der Waals surface area contributed by atoms with Gasteiger partial charge in [-0.25, -0.2) is 4.79 Å². The third-order valence-electron chi connectivity index (χ3n) is 3.44. The van der Waals surface area contributed by atoms with Gasteiger partial charge in [0, 0.05) is 29.7 Å². The summed E-state index contributed by atoms with van der Waals surface area (Å²) < 4.78 is 0.894. The maximum atomic E-state index is 11.9. The van der Waals surface area contributed by atoms with Crippen LogP contribution in [0.3, 0.4) is 0 Å². The van der Waals surface area contributed by atoms with Gasteiger partial charge in [0.2, 0.25) is 5.91 Å². The van der Waals surface area contributed by atoms with Crippen LogP contribution in [0.25, 0.3) is 0 Å². The minimum absolute atomic E-state index is 0.0496. The molecule has 2 rings (SSSR count). The third-order valence-corrected chi connectivity index (χ3v) is 4.37. The molecule has 1 saturated heterocycles. The largest absolute Gasteiger partial charge is 0.480 e. The Labute approximate surface area is 130 Å². The van der Waals surface area contributed by atoms with Gasteiger partial charge in [-0.15, -0.1) is 11.6 Å². The normalized spacial score (nSPS) is 20.2. The SMILES string of the molecule is O=C(O)C(Cc1cccc(Br)c1)N1CC(CCl)CC1=O. The summed E-state index contributed by atoms with van der Waals surface area (Å²) in [6.07, 6.45) is 0.640. The average Bonchev–Trinajstić information content (AvgIpc) is 2.77. The highest BCUT2D eigenvalue weighted by atomic mass is 79.9. The Morgan fingerprint density at radius 3 is 2.85 bits per heavy atom. The first-order chi connectivity index (χ1) is 9.51. The average molecular weight is 361 g/mol. The zero-order valence-corrected chi connectivity index (χ0v) is 13.1. The summed E-state index contributed by atoms with van der Waals surface area (Å²) in [5.41, 5.74) is 0.883. The first-order valence-corrected chi connectivity index (χ1v) is 7.66. The molecule has 0 aliphatic carbocycles. The zero-order valence-electron chi connectivity index (χ0n) is 10.8. The first-order valence-electron chi connectivity index (χ1n) is 6.34. The fourth-order valence-corrected chi connectivity index (χ4v) is 3.08. The van der Waals surface area contributed by atoms with Gasteiger partial charge in [-0.1, -0.05) is 28.1 Å². The van der Waals surface area contributed by atoms with Gasteiger partial charge in [-0.2, -0.15) is 0 Å². The maximum absolute atomic E-state index is 11.9. The third kappa shape index (κ3) is 3.52. The van der Waals surface area contributed by atoms with Crippen LogP contribution in [0.4, 0.5) is 0 Å². The lowest BCUT2D eigenvalue weighted by atomic mass is 10.0. The van der Waals surface area contributed by atoms with E-state index < -0.39 is 12.0 Å². The van der Waals surface area contributed by atoms with Crippen LogP contribution < -0.4 is 0 Å². The molecule has 1 aliphatic heterocycles. The van der Waals surface area contributed by atoms with E-state index in [-0.39, 0.29) is 11.8 Å². The summed E-state index contributed by atoms with van der Waals surface area (Å²) in [6.45, 7) is 0.424. The van der Waals surface area contributed by atoms with Gasteiger partial charge < -0.3 is 10.0 Å². The number of carboxylic acids is 1. The number of likely N-dealkylation sites (tertiary alicyclic amines) is 1. The van der Waals surface area contributed by atoms with Gasteiger partial charge in [0.25, 0.3) is 0 Å². The quantitative estimate of drug-likeness (QED) is 0.821. The molecule has 1 N–H and O–H groups in total. The predicted octanol–water partition coefficient (Wildman–Crippen LogP) is 2.53. The number of rotatable bonds is 5. The minimum Gasteiger partial charge on any atom is -0.480 e. The molecule has 0 aromatic heterocycles. The lowest BCUT2D eigenvalue weighted by Crippen LogP contribution is -2.43. The minimum atomic E-state index is -0.978. The summed E-state index contributed by atoms with van der Waals surface area (Å²) in [7, 11) is 0. The molecular formula is C14H15BrClNO3. The van der Waals surface area contributed by atoms with Crippen LogP contribution in [0.5, 0.6) is 0 Å². The molecule has 108 valence electrons. The molecular weight excluding hydrogens is 346 g/mol. The molecule has 1 amide bonds. The van der Waals surface area contributed by atoms with Crippen molar-refractivity contribution < 1.29 is 14.7 Å². The molecule has 2 atom stereocenters. The van der Waals surface area contributed by atoms with E-state index >= 15 is 0 Å². The topological polar surface area (TPSA) is 57.6 Å². The number of aliphatic carboxylic acids is 1.